The first-order valence-corrected chi connectivity index (χ1v) is 9.26. The molecule has 2 aromatic heterocycles. The fraction of sp³-hybridized carbons (Fsp3) is 0.316. The van der Waals surface area contributed by atoms with Gasteiger partial charge in [0, 0.05) is 22.3 Å². The Balaban J connectivity index is 1.84. The zero-order valence-electron chi connectivity index (χ0n) is 13.4. The van der Waals surface area contributed by atoms with Crippen molar-refractivity contribution in [2.45, 2.75) is 32.0 Å². The minimum atomic E-state index is -0.183. The van der Waals surface area contributed by atoms with E-state index in [1.165, 1.54) is 27.0 Å². The molecular formula is C19H18N2O2S. The van der Waals surface area contributed by atoms with Gasteiger partial charge in [-0.25, -0.2) is 4.79 Å². The minimum absolute atomic E-state index is 0.0406. The maximum Gasteiger partial charge on any atom is 0.411 e. The van der Waals surface area contributed by atoms with Crippen LogP contribution in [0.15, 0.2) is 41.8 Å². The predicted molar refractivity (Wildman–Crippen MR) is 94.5 cm³/mol. The van der Waals surface area contributed by atoms with E-state index in [9.17, 15) is 4.79 Å². The molecular weight excluding hydrogens is 320 g/mol. The highest BCUT2D eigenvalue weighted by Gasteiger charge is 2.46. The van der Waals surface area contributed by atoms with E-state index in [0.717, 1.165) is 13.0 Å². The Bertz CT molecular complexity index is 928. The molecule has 1 aromatic carbocycles. The van der Waals surface area contributed by atoms with Gasteiger partial charge in [0.15, 0.2) is 0 Å². The van der Waals surface area contributed by atoms with Gasteiger partial charge in [0.25, 0.3) is 0 Å². The Kier molecular flexibility index (Phi) is 3.00. The molecule has 0 radical (unpaired) electrons. The molecule has 0 saturated carbocycles. The number of aromatic nitrogens is 1. The Hall–Kier alpha value is -2.27. The van der Waals surface area contributed by atoms with E-state index in [4.69, 9.17) is 4.74 Å². The Morgan fingerprint density at radius 2 is 2.12 bits per heavy atom. The molecule has 122 valence electrons. The monoisotopic (exact) mass is 338 g/mol. The number of hydrogen-bond donors (Lipinski definition) is 0. The third-order valence-corrected chi connectivity index (χ3v) is 6.15. The summed E-state index contributed by atoms with van der Waals surface area (Å²) in [5.41, 5.74) is 3.91. The van der Waals surface area contributed by atoms with Crippen LogP contribution in [0.4, 0.5) is 4.79 Å². The normalized spacial score (nSPS) is 22.5. The van der Waals surface area contributed by atoms with E-state index in [0.29, 0.717) is 6.61 Å². The van der Waals surface area contributed by atoms with Gasteiger partial charge in [0.1, 0.15) is 12.6 Å². The van der Waals surface area contributed by atoms with Gasteiger partial charge in [0.05, 0.1) is 11.7 Å². The number of hydrogen-bond acceptors (Lipinski definition) is 3. The number of carbonyl (C=O) groups is 1. The molecule has 0 N–H and O–H groups in total. The lowest BCUT2D eigenvalue weighted by Gasteiger charge is -2.36. The SMILES string of the molecule is CCn1c2c(c3ccccc31)CC1COC(=O)N1C2c1cccs1. The molecule has 0 bridgehead atoms. The maximum absolute atomic E-state index is 12.4. The van der Waals surface area contributed by atoms with E-state index in [1.54, 1.807) is 11.3 Å². The lowest BCUT2D eigenvalue weighted by molar-refractivity contribution is 0.147. The summed E-state index contributed by atoms with van der Waals surface area (Å²) < 4.78 is 7.77. The van der Waals surface area contributed by atoms with Gasteiger partial charge < -0.3 is 9.30 Å². The molecule has 2 aliphatic rings. The number of para-hydroxylation sites is 1. The summed E-state index contributed by atoms with van der Waals surface area (Å²) in [6.07, 6.45) is 0.688. The van der Waals surface area contributed by atoms with Crippen LogP contribution in [0.3, 0.4) is 0 Å². The molecule has 3 aromatic rings. The second kappa shape index (κ2) is 5.11. The standard InChI is InChI=1S/C19H18N2O2S/c1-2-20-15-7-4-3-6-13(15)14-10-12-11-23-19(22)21(12)18(17(14)20)16-8-5-9-24-16/h3-9,12,18H,2,10-11H2,1H3. The van der Waals surface area contributed by atoms with E-state index in [1.807, 2.05) is 4.90 Å². The van der Waals surface area contributed by atoms with Gasteiger partial charge >= 0.3 is 6.09 Å². The maximum atomic E-state index is 12.4. The van der Waals surface area contributed by atoms with Crippen LogP contribution in [-0.2, 0) is 17.7 Å². The number of nitrogens with zero attached hydrogens (tertiary/aromatic N) is 2. The fourth-order valence-corrected chi connectivity index (χ4v) is 5.12. The van der Waals surface area contributed by atoms with Crippen molar-refractivity contribution in [1.29, 1.82) is 0 Å². The number of amides is 1. The van der Waals surface area contributed by atoms with Crippen LogP contribution in [0.25, 0.3) is 10.9 Å². The molecule has 0 aliphatic carbocycles. The highest BCUT2D eigenvalue weighted by Crippen LogP contribution is 2.45. The largest absolute Gasteiger partial charge is 0.447 e. The summed E-state index contributed by atoms with van der Waals surface area (Å²) in [6.45, 7) is 3.56. The zero-order chi connectivity index (χ0) is 16.3. The van der Waals surface area contributed by atoms with Gasteiger partial charge in [-0.3, -0.25) is 4.90 Å². The van der Waals surface area contributed by atoms with Crippen LogP contribution in [0.2, 0.25) is 0 Å². The number of ether oxygens (including phenoxy) is 1. The number of aryl methyl sites for hydroxylation is 1. The second-order valence-corrected chi connectivity index (χ2v) is 7.36. The number of fused-ring (bicyclic) bond motifs is 4. The summed E-state index contributed by atoms with van der Waals surface area (Å²) in [4.78, 5) is 15.6. The number of rotatable bonds is 2. The lowest BCUT2D eigenvalue weighted by Crippen LogP contribution is -2.43. The molecule has 4 heterocycles. The highest BCUT2D eigenvalue weighted by molar-refractivity contribution is 7.10. The van der Waals surface area contributed by atoms with Gasteiger partial charge in [-0.1, -0.05) is 24.3 Å². The quantitative estimate of drug-likeness (QED) is 0.702. The van der Waals surface area contributed by atoms with Crippen molar-refractivity contribution in [3.8, 4) is 0 Å². The van der Waals surface area contributed by atoms with Gasteiger partial charge in [0.2, 0.25) is 0 Å². The van der Waals surface area contributed by atoms with Crippen LogP contribution in [-0.4, -0.2) is 28.2 Å². The van der Waals surface area contributed by atoms with Crippen molar-refractivity contribution in [2.24, 2.45) is 0 Å². The average Bonchev–Trinajstić information content (AvgIpc) is 3.32. The lowest BCUT2D eigenvalue weighted by atomic mass is 9.92. The number of cyclic esters (lactones) is 1. The Morgan fingerprint density at radius 3 is 2.92 bits per heavy atom. The summed E-state index contributed by atoms with van der Waals surface area (Å²) >= 11 is 1.71. The first-order valence-electron chi connectivity index (χ1n) is 8.38. The number of thiophene rings is 1. The number of carbonyl (C=O) groups excluding carboxylic acids is 1. The van der Waals surface area contributed by atoms with E-state index >= 15 is 0 Å². The summed E-state index contributed by atoms with van der Waals surface area (Å²) in [6, 6.07) is 12.9. The third-order valence-electron chi connectivity index (χ3n) is 5.23. The van der Waals surface area contributed by atoms with Crippen molar-refractivity contribution in [3.63, 3.8) is 0 Å². The Morgan fingerprint density at radius 1 is 1.25 bits per heavy atom. The molecule has 24 heavy (non-hydrogen) atoms. The molecule has 2 atom stereocenters. The van der Waals surface area contributed by atoms with Crippen LogP contribution >= 0.6 is 11.3 Å². The molecule has 0 spiro atoms. The second-order valence-electron chi connectivity index (χ2n) is 6.39. The molecule has 1 saturated heterocycles. The van der Waals surface area contributed by atoms with Gasteiger partial charge in [-0.15, -0.1) is 11.3 Å². The molecule has 5 heteroatoms. The van der Waals surface area contributed by atoms with Gasteiger partial charge in [-0.2, -0.15) is 0 Å². The minimum Gasteiger partial charge on any atom is -0.447 e. The topological polar surface area (TPSA) is 34.5 Å². The predicted octanol–water partition coefficient (Wildman–Crippen LogP) is 4.19. The zero-order valence-corrected chi connectivity index (χ0v) is 14.3. The summed E-state index contributed by atoms with van der Waals surface area (Å²) in [5, 5.41) is 3.40. The molecule has 2 unspecified atom stereocenters. The average molecular weight is 338 g/mol. The van der Waals surface area contributed by atoms with Crippen molar-refractivity contribution < 1.29 is 9.53 Å². The summed E-state index contributed by atoms with van der Waals surface area (Å²) in [7, 11) is 0. The van der Waals surface area contributed by atoms with Crippen LogP contribution in [0, 0.1) is 0 Å². The van der Waals surface area contributed by atoms with E-state index in [-0.39, 0.29) is 18.2 Å². The molecule has 1 fully saturated rings. The Labute approximate surface area is 144 Å². The van der Waals surface area contributed by atoms with Crippen molar-refractivity contribution in [2.75, 3.05) is 6.61 Å². The van der Waals surface area contributed by atoms with Crippen molar-refractivity contribution in [1.82, 2.24) is 9.47 Å². The smallest absolute Gasteiger partial charge is 0.411 e. The third kappa shape index (κ3) is 1.76. The first kappa shape index (κ1) is 14.1. The van der Waals surface area contributed by atoms with Crippen molar-refractivity contribution in [3.05, 3.63) is 57.9 Å². The van der Waals surface area contributed by atoms with E-state index in [2.05, 4.69) is 53.3 Å². The van der Waals surface area contributed by atoms with Crippen LogP contribution in [0.1, 0.15) is 29.1 Å². The molecule has 5 rings (SSSR count). The van der Waals surface area contributed by atoms with Crippen LogP contribution < -0.4 is 0 Å². The van der Waals surface area contributed by atoms with Gasteiger partial charge in [-0.05, 0) is 36.4 Å². The molecule has 1 amide bonds. The highest BCUT2D eigenvalue weighted by atomic mass is 32.1. The number of benzene rings is 1. The van der Waals surface area contributed by atoms with Crippen molar-refractivity contribution >= 4 is 28.3 Å². The summed E-state index contributed by atoms with van der Waals surface area (Å²) in [5.74, 6) is 0. The van der Waals surface area contributed by atoms with Crippen LogP contribution in [0.5, 0.6) is 0 Å². The molecule has 2 aliphatic heterocycles. The fourth-order valence-electron chi connectivity index (χ4n) is 4.29. The molecule has 4 nitrogen and oxygen atoms in total. The first-order chi connectivity index (χ1) is 11.8. The van der Waals surface area contributed by atoms with E-state index < -0.39 is 0 Å².